The van der Waals surface area contributed by atoms with Crippen LogP contribution in [-0.4, -0.2) is 19.3 Å². The molecule has 0 aliphatic rings. The van der Waals surface area contributed by atoms with Gasteiger partial charge in [-0.2, -0.15) is 0 Å². The summed E-state index contributed by atoms with van der Waals surface area (Å²) in [6, 6.07) is 4.98. The first-order valence-corrected chi connectivity index (χ1v) is 5.84. The first kappa shape index (κ1) is 14.1. The van der Waals surface area contributed by atoms with Crippen LogP contribution in [-0.2, 0) is 22.6 Å². The van der Waals surface area contributed by atoms with Crippen LogP contribution in [0.15, 0.2) is 18.2 Å². The zero-order chi connectivity index (χ0) is 12.7. The van der Waals surface area contributed by atoms with E-state index in [1.807, 2.05) is 19.9 Å². The standard InChI is InChI=1S/C13H20FNO2/c1-3-16-8-10(2)17-9-12-5-4-11(7-15)6-13(12)14/h4-6,10H,3,7-9,15H2,1-2H3. The van der Waals surface area contributed by atoms with Crippen LogP contribution in [0.4, 0.5) is 4.39 Å². The van der Waals surface area contributed by atoms with Crippen LogP contribution in [0.5, 0.6) is 0 Å². The molecule has 0 fully saturated rings. The van der Waals surface area contributed by atoms with Gasteiger partial charge < -0.3 is 15.2 Å². The number of benzene rings is 1. The van der Waals surface area contributed by atoms with E-state index in [1.54, 1.807) is 6.07 Å². The van der Waals surface area contributed by atoms with Crippen molar-refractivity contribution >= 4 is 0 Å². The van der Waals surface area contributed by atoms with Crippen molar-refractivity contribution in [2.24, 2.45) is 5.73 Å². The average Bonchev–Trinajstić information content (AvgIpc) is 2.34. The van der Waals surface area contributed by atoms with Gasteiger partial charge in [-0.3, -0.25) is 0 Å². The minimum atomic E-state index is -0.267. The minimum absolute atomic E-state index is 0.0384. The fourth-order valence-electron chi connectivity index (χ4n) is 1.40. The summed E-state index contributed by atoms with van der Waals surface area (Å²) in [4.78, 5) is 0. The molecule has 0 bridgehead atoms. The zero-order valence-corrected chi connectivity index (χ0v) is 10.4. The molecule has 17 heavy (non-hydrogen) atoms. The Morgan fingerprint density at radius 1 is 1.41 bits per heavy atom. The van der Waals surface area contributed by atoms with Crippen molar-refractivity contribution in [3.05, 3.63) is 35.1 Å². The summed E-state index contributed by atoms with van der Waals surface area (Å²) in [5.41, 5.74) is 6.76. The van der Waals surface area contributed by atoms with E-state index in [4.69, 9.17) is 15.2 Å². The van der Waals surface area contributed by atoms with Crippen molar-refractivity contribution in [2.45, 2.75) is 33.1 Å². The van der Waals surface area contributed by atoms with Gasteiger partial charge in [-0.15, -0.1) is 0 Å². The number of halogens is 1. The lowest BCUT2D eigenvalue weighted by Crippen LogP contribution is -2.16. The van der Waals surface area contributed by atoms with Crippen LogP contribution in [0, 0.1) is 5.82 Å². The molecule has 4 heteroatoms. The van der Waals surface area contributed by atoms with Crippen molar-refractivity contribution in [1.29, 1.82) is 0 Å². The SMILES string of the molecule is CCOCC(C)OCc1ccc(CN)cc1F. The normalized spacial score (nSPS) is 12.7. The van der Waals surface area contributed by atoms with E-state index < -0.39 is 0 Å². The molecule has 0 amide bonds. The molecule has 1 rings (SSSR count). The van der Waals surface area contributed by atoms with Gasteiger partial charge >= 0.3 is 0 Å². The molecule has 1 aromatic rings. The second kappa shape index (κ2) is 7.37. The van der Waals surface area contributed by atoms with Gasteiger partial charge in [-0.05, 0) is 25.5 Å². The maximum atomic E-state index is 13.6. The summed E-state index contributed by atoms with van der Waals surface area (Å²) in [6.07, 6.45) is -0.0384. The van der Waals surface area contributed by atoms with Crippen LogP contribution in [0.2, 0.25) is 0 Å². The Labute approximate surface area is 102 Å². The molecule has 0 radical (unpaired) electrons. The summed E-state index contributed by atoms with van der Waals surface area (Å²) < 4.78 is 24.3. The molecule has 0 spiro atoms. The highest BCUT2D eigenvalue weighted by atomic mass is 19.1. The van der Waals surface area contributed by atoms with Gasteiger partial charge in [0.1, 0.15) is 5.82 Å². The molecular weight excluding hydrogens is 221 g/mol. The monoisotopic (exact) mass is 241 g/mol. The van der Waals surface area contributed by atoms with E-state index in [2.05, 4.69) is 0 Å². The molecule has 0 aromatic heterocycles. The van der Waals surface area contributed by atoms with Crippen LogP contribution in [0.3, 0.4) is 0 Å². The summed E-state index contributed by atoms with van der Waals surface area (Å²) >= 11 is 0. The number of rotatable bonds is 7. The van der Waals surface area contributed by atoms with Crippen molar-refractivity contribution in [2.75, 3.05) is 13.2 Å². The quantitative estimate of drug-likeness (QED) is 0.796. The molecule has 1 atom stereocenters. The fraction of sp³-hybridized carbons (Fsp3) is 0.538. The van der Waals surface area contributed by atoms with Crippen LogP contribution < -0.4 is 5.73 Å². The second-order valence-corrected chi connectivity index (χ2v) is 3.91. The molecule has 1 aromatic carbocycles. The maximum absolute atomic E-state index is 13.6. The van der Waals surface area contributed by atoms with Crippen LogP contribution in [0.1, 0.15) is 25.0 Å². The Morgan fingerprint density at radius 3 is 2.76 bits per heavy atom. The van der Waals surface area contributed by atoms with E-state index in [0.717, 1.165) is 5.56 Å². The Balaban J connectivity index is 2.46. The smallest absolute Gasteiger partial charge is 0.129 e. The minimum Gasteiger partial charge on any atom is -0.379 e. The molecule has 0 saturated heterocycles. The molecule has 0 saturated carbocycles. The predicted octanol–water partition coefficient (Wildman–Crippen LogP) is 2.23. The third-order valence-corrected chi connectivity index (χ3v) is 2.43. The molecule has 0 aliphatic heterocycles. The van der Waals surface area contributed by atoms with E-state index >= 15 is 0 Å². The topological polar surface area (TPSA) is 44.5 Å². The Kier molecular flexibility index (Phi) is 6.11. The third-order valence-electron chi connectivity index (χ3n) is 2.43. The number of hydrogen-bond donors (Lipinski definition) is 1. The molecule has 3 nitrogen and oxygen atoms in total. The first-order chi connectivity index (χ1) is 8.17. The zero-order valence-electron chi connectivity index (χ0n) is 10.4. The van der Waals surface area contributed by atoms with Gasteiger partial charge in [0.15, 0.2) is 0 Å². The molecule has 96 valence electrons. The lowest BCUT2D eigenvalue weighted by Gasteiger charge is -2.13. The van der Waals surface area contributed by atoms with Gasteiger partial charge in [0, 0.05) is 18.7 Å². The maximum Gasteiger partial charge on any atom is 0.129 e. The summed E-state index contributed by atoms with van der Waals surface area (Å²) in [5, 5.41) is 0. The lowest BCUT2D eigenvalue weighted by molar-refractivity contribution is -0.0125. The highest BCUT2D eigenvalue weighted by Gasteiger charge is 2.06. The van der Waals surface area contributed by atoms with Gasteiger partial charge in [-0.1, -0.05) is 12.1 Å². The lowest BCUT2D eigenvalue weighted by atomic mass is 10.1. The van der Waals surface area contributed by atoms with E-state index in [0.29, 0.717) is 25.3 Å². The molecule has 0 aliphatic carbocycles. The average molecular weight is 241 g/mol. The summed E-state index contributed by atoms with van der Waals surface area (Å²) in [7, 11) is 0. The van der Waals surface area contributed by atoms with Crippen molar-refractivity contribution in [3.8, 4) is 0 Å². The highest BCUT2D eigenvalue weighted by molar-refractivity contribution is 5.23. The van der Waals surface area contributed by atoms with Crippen molar-refractivity contribution in [3.63, 3.8) is 0 Å². The Bertz CT molecular complexity index is 344. The molecule has 1 unspecified atom stereocenters. The fourth-order valence-corrected chi connectivity index (χ4v) is 1.40. The van der Waals surface area contributed by atoms with Crippen molar-refractivity contribution in [1.82, 2.24) is 0 Å². The molecule has 2 N–H and O–H groups in total. The number of nitrogens with two attached hydrogens (primary N) is 1. The third kappa shape index (κ3) is 4.81. The summed E-state index contributed by atoms with van der Waals surface area (Å²) in [6.45, 7) is 5.62. The largest absolute Gasteiger partial charge is 0.379 e. The van der Waals surface area contributed by atoms with Gasteiger partial charge in [-0.25, -0.2) is 4.39 Å². The molecule has 0 heterocycles. The highest BCUT2D eigenvalue weighted by Crippen LogP contribution is 2.12. The van der Waals surface area contributed by atoms with Gasteiger partial charge in [0.2, 0.25) is 0 Å². The summed E-state index contributed by atoms with van der Waals surface area (Å²) in [5.74, 6) is -0.267. The second-order valence-electron chi connectivity index (χ2n) is 3.91. The first-order valence-electron chi connectivity index (χ1n) is 5.84. The van der Waals surface area contributed by atoms with Crippen LogP contribution in [0.25, 0.3) is 0 Å². The molecular formula is C13H20FNO2. The number of hydrogen-bond acceptors (Lipinski definition) is 3. The van der Waals surface area contributed by atoms with Gasteiger partial charge in [0.25, 0.3) is 0 Å². The predicted molar refractivity (Wildman–Crippen MR) is 65.0 cm³/mol. The Morgan fingerprint density at radius 2 is 2.18 bits per heavy atom. The van der Waals surface area contributed by atoms with Crippen LogP contribution >= 0.6 is 0 Å². The van der Waals surface area contributed by atoms with Gasteiger partial charge in [0.05, 0.1) is 19.3 Å². The number of ether oxygens (including phenoxy) is 2. The Hall–Kier alpha value is -0.970. The van der Waals surface area contributed by atoms with E-state index in [1.165, 1.54) is 6.07 Å². The van der Waals surface area contributed by atoms with E-state index in [9.17, 15) is 4.39 Å². The van der Waals surface area contributed by atoms with Crippen molar-refractivity contribution < 1.29 is 13.9 Å². The van der Waals surface area contributed by atoms with E-state index in [-0.39, 0.29) is 18.5 Å².